The summed E-state index contributed by atoms with van der Waals surface area (Å²) in [7, 11) is 0. The van der Waals surface area contributed by atoms with Crippen LogP contribution >= 0.6 is 35.3 Å². The van der Waals surface area contributed by atoms with Gasteiger partial charge in [0.05, 0.1) is 0 Å². The lowest BCUT2D eigenvalue weighted by molar-refractivity contribution is -0.121. The summed E-state index contributed by atoms with van der Waals surface area (Å²) >= 11 is 5.24. The van der Waals surface area contributed by atoms with Gasteiger partial charge in [-0.2, -0.15) is 35.3 Å². The molecule has 0 spiro atoms. The lowest BCUT2D eigenvalue weighted by Crippen LogP contribution is -2.25. The van der Waals surface area contributed by atoms with Gasteiger partial charge in [0.2, 0.25) is 17.7 Å². The van der Waals surface area contributed by atoms with Crippen LogP contribution in [0.4, 0.5) is 0 Å². The molecule has 3 amide bonds. The van der Waals surface area contributed by atoms with Gasteiger partial charge in [0.1, 0.15) is 0 Å². The van der Waals surface area contributed by atoms with Gasteiger partial charge in [-0.3, -0.25) is 14.4 Å². The number of nitrogens with one attached hydrogen (secondary N) is 3. The first-order valence-corrected chi connectivity index (χ1v) is 14.9. The first-order valence-electron chi connectivity index (χ1n) is 10.7. The van der Waals surface area contributed by atoms with Gasteiger partial charge in [0.25, 0.3) is 0 Å². The SMILES string of the molecule is CCC(=O)NCCSC.CCCC(=O)NCCSC.CCCCC(=O)NCCSC. The molecule has 0 aromatic heterocycles. The predicted molar refractivity (Wildman–Crippen MR) is 139 cm³/mol. The molecular weight excluding hydrogens is 438 g/mol. The number of rotatable bonds is 15. The molecule has 0 saturated heterocycles. The zero-order valence-corrected chi connectivity index (χ0v) is 22.4. The molecule has 0 bridgehead atoms. The number of thioether (sulfide) groups is 3. The molecule has 0 aromatic carbocycles. The van der Waals surface area contributed by atoms with Crippen molar-refractivity contribution in [1.82, 2.24) is 16.0 Å². The van der Waals surface area contributed by atoms with Gasteiger partial charge in [-0.15, -0.1) is 0 Å². The molecule has 0 saturated carbocycles. The summed E-state index contributed by atoms with van der Waals surface area (Å²) in [4.78, 5) is 32.3. The Morgan fingerprint density at radius 1 is 0.600 bits per heavy atom. The number of unbranched alkanes of at least 4 members (excludes halogenated alkanes) is 1. The Hall–Kier alpha value is -0.540. The van der Waals surface area contributed by atoms with Crippen LogP contribution in [0.25, 0.3) is 0 Å². The van der Waals surface area contributed by atoms with Crippen molar-refractivity contribution in [3.05, 3.63) is 0 Å². The second kappa shape index (κ2) is 30.7. The van der Waals surface area contributed by atoms with Crippen LogP contribution in [-0.4, -0.2) is 73.4 Å². The van der Waals surface area contributed by atoms with E-state index in [-0.39, 0.29) is 17.7 Å². The number of hydrogen-bond donors (Lipinski definition) is 3. The molecule has 0 unspecified atom stereocenters. The van der Waals surface area contributed by atoms with E-state index in [1.807, 2.05) is 32.6 Å². The lowest BCUT2D eigenvalue weighted by atomic mass is 10.2. The molecule has 0 heterocycles. The fourth-order valence-corrected chi connectivity index (χ4v) is 2.66. The maximum atomic E-state index is 11.0. The molecular formula is C21H45N3O3S3. The largest absolute Gasteiger partial charge is 0.355 e. The summed E-state index contributed by atoms with van der Waals surface area (Å²) in [6.07, 6.45) is 11.1. The molecule has 9 heteroatoms. The molecule has 0 rings (SSSR count). The van der Waals surface area contributed by atoms with Crippen LogP contribution in [0.5, 0.6) is 0 Å². The standard InChI is InChI=1S/C8H17NOS.C7H15NOS.C6H13NOS/c1-3-4-5-8(10)9-6-7-11-2;1-3-4-7(9)8-5-6-10-2;1-3-6(8)7-4-5-9-2/h3-7H2,1-2H3,(H,9,10);3-6H2,1-2H3,(H,8,9);3-5H2,1-2H3,(H,7,8). The van der Waals surface area contributed by atoms with E-state index >= 15 is 0 Å². The highest BCUT2D eigenvalue weighted by atomic mass is 32.2. The Kier molecular flexibility index (Phi) is 34.8. The van der Waals surface area contributed by atoms with Crippen LogP contribution < -0.4 is 16.0 Å². The summed E-state index contributed by atoms with van der Waals surface area (Å²) in [6, 6.07) is 0. The Labute approximate surface area is 198 Å². The predicted octanol–water partition coefficient (Wildman–Crippen LogP) is 3.80. The van der Waals surface area contributed by atoms with Gasteiger partial charge in [-0.25, -0.2) is 0 Å². The van der Waals surface area contributed by atoms with E-state index in [0.717, 1.165) is 56.2 Å². The number of amides is 3. The molecule has 0 fully saturated rings. The topological polar surface area (TPSA) is 87.3 Å². The van der Waals surface area contributed by atoms with Gasteiger partial charge in [-0.1, -0.05) is 27.2 Å². The molecule has 0 aromatic rings. The fourth-order valence-electron chi connectivity index (χ4n) is 1.74. The van der Waals surface area contributed by atoms with Crippen LogP contribution in [0.1, 0.15) is 59.3 Å². The quantitative estimate of drug-likeness (QED) is 0.307. The maximum Gasteiger partial charge on any atom is 0.220 e. The Morgan fingerprint density at radius 2 is 1.00 bits per heavy atom. The van der Waals surface area contributed by atoms with Crippen molar-refractivity contribution in [2.75, 3.05) is 55.7 Å². The fraction of sp³-hybridized carbons (Fsp3) is 0.857. The molecule has 0 aliphatic carbocycles. The number of carbonyl (C=O) groups is 3. The summed E-state index contributed by atoms with van der Waals surface area (Å²) in [5, 5.41) is 8.46. The molecule has 30 heavy (non-hydrogen) atoms. The monoisotopic (exact) mass is 483 g/mol. The van der Waals surface area contributed by atoms with Gasteiger partial charge >= 0.3 is 0 Å². The van der Waals surface area contributed by atoms with Gasteiger partial charge < -0.3 is 16.0 Å². The second-order valence-corrected chi connectivity index (χ2v) is 9.19. The normalized spacial score (nSPS) is 9.40. The zero-order chi connectivity index (χ0) is 23.5. The van der Waals surface area contributed by atoms with E-state index in [0.29, 0.717) is 19.3 Å². The Balaban J connectivity index is -0.000000366. The Bertz CT molecular complexity index is 401. The first kappa shape index (κ1) is 34.1. The van der Waals surface area contributed by atoms with Gasteiger partial charge in [0, 0.05) is 56.2 Å². The van der Waals surface area contributed by atoms with E-state index in [9.17, 15) is 14.4 Å². The van der Waals surface area contributed by atoms with E-state index in [1.54, 1.807) is 35.3 Å². The first-order chi connectivity index (χ1) is 14.4. The van der Waals surface area contributed by atoms with Gasteiger partial charge in [0.15, 0.2) is 0 Å². The van der Waals surface area contributed by atoms with Gasteiger partial charge in [-0.05, 0) is 31.6 Å². The van der Waals surface area contributed by atoms with E-state index in [2.05, 4.69) is 22.9 Å². The summed E-state index contributed by atoms with van der Waals surface area (Å²) in [6.45, 7) is 8.37. The number of hydrogen-bond acceptors (Lipinski definition) is 6. The second-order valence-electron chi connectivity index (χ2n) is 6.24. The Morgan fingerprint density at radius 3 is 1.33 bits per heavy atom. The summed E-state index contributed by atoms with van der Waals surface area (Å²) < 4.78 is 0. The van der Waals surface area contributed by atoms with E-state index in [1.165, 1.54) is 0 Å². The number of carbonyl (C=O) groups excluding carboxylic acids is 3. The van der Waals surface area contributed by atoms with Crippen molar-refractivity contribution in [1.29, 1.82) is 0 Å². The van der Waals surface area contributed by atoms with Crippen molar-refractivity contribution < 1.29 is 14.4 Å². The molecule has 0 aliphatic heterocycles. The minimum Gasteiger partial charge on any atom is -0.355 e. The smallest absolute Gasteiger partial charge is 0.220 e. The molecule has 3 N–H and O–H groups in total. The molecule has 0 radical (unpaired) electrons. The maximum absolute atomic E-state index is 11.0. The van der Waals surface area contributed by atoms with Crippen LogP contribution in [0.3, 0.4) is 0 Å². The third-order valence-electron chi connectivity index (χ3n) is 3.44. The molecule has 0 aliphatic rings. The minimum atomic E-state index is 0.143. The summed E-state index contributed by atoms with van der Waals surface area (Å²) in [5.41, 5.74) is 0. The van der Waals surface area contributed by atoms with Crippen LogP contribution in [-0.2, 0) is 14.4 Å². The molecule has 180 valence electrons. The average molecular weight is 484 g/mol. The zero-order valence-electron chi connectivity index (χ0n) is 19.9. The van der Waals surface area contributed by atoms with Crippen molar-refractivity contribution in [2.45, 2.75) is 59.3 Å². The van der Waals surface area contributed by atoms with Crippen LogP contribution in [0.15, 0.2) is 0 Å². The van der Waals surface area contributed by atoms with E-state index < -0.39 is 0 Å². The van der Waals surface area contributed by atoms with Crippen molar-refractivity contribution >= 4 is 53.0 Å². The van der Waals surface area contributed by atoms with E-state index in [4.69, 9.17) is 0 Å². The third kappa shape index (κ3) is 34.9. The average Bonchev–Trinajstić information content (AvgIpc) is 2.74. The van der Waals surface area contributed by atoms with Crippen LogP contribution in [0, 0.1) is 0 Å². The minimum absolute atomic E-state index is 0.143. The molecule has 0 atom stereocenters. The highest BCUT2D eigenvalue weighted by Gasteiger charge is 1.97. The van der Waals surface area contributed by atoms with Crippen molar-refractivity contribution in [2.24, 2.45) is 0 Å². The highest BCUT2D eigenvalue weighted by Crippen LogP contribution is 1.93. The highest BCUT2D eigenvalue weighted by molar-refractivity contribution is 7.99. The lowest BCUT2D eigenvalue weighted by Gasteiger charge is -2.01. The van der Waals surface area contributed by atoms with Crippen LogP contribution in [0.2, 0.25) is 0 Å². The van der Waals surface area contributed by atoms with Crippen molar-refractivity contribution in [3.8, 4) is 0 Å². The third-order valence-corrected chi connectivity index (χ3v) is 5.28. The molecule has 6 nitrogen and oxygen atoms in total. The van der Waals surface area contributed by atoms with Crippen molar-refractivity contribution in [3.63, 3.8) is 0 Å². The summed E-state index contributed by atoms with van der Waals surface area (Å²) in [5.74, 6) is 3.54.